The molecule has 0 saturated carbocycles. The summed E-state index contributed by atoms with van der Waals surface area (Å²) < 4.78 is 11.0. The summed E-state index contributed by atoms with van der Waals surface area (Å²) in [6, 6.07) is 13.6. The van der Waals surface area contributed by atoms with Gasteiger partial charge in [0.2, 0.25) is 0 Å². The van der Waals surface area contributed by atoms with Crippen LogP contribution >= 0.6 is 11.3 Å². The van der Waals surface area contributed by atoms with E-state index in [2.05, 4.69) is 0 Å². The first-order valence-corrected chi connectivity index (χ1v) is 11.6. The second-order valence-corrected chi connectivity index (χ2v) is 9.24. The second-order valence-electron chi connectivity index (χ2n) is 8.29. The first-order chi connectivity index (χ1) is 15.9. The maximum Gasteiger partial charge on any atom is 0.300 e. The Balaban J connectivity index is 1.67. The van der Waals surface area contributed by atoms with Gasteiger partial charge in [-0.25, -0.2) is 0 Å². The number of nitrogens with zero attached hydrogens (tertiary/aromatic N) is 1. The lowest BCUT2D eigenvalue weighted by atomic mass is 9.97. The van der Waals surface area contributed by atoms with Gasteiger partial charge in [0.15, 0.2) is 0 Å². The number of anilines is 1. The molecule has 0 radical (unpaired) electrons. The van der Waals surface area contributed by atoms with Crippen molar-refractivity contribution in [1.29, 1.82) is 0 Å². The Bertz CT molecular complexity index is 1290. The zero-order valence-corrected chi connectivity index (χ0v) is 19.3. The van der Waals surface area contributed by atoms with Crippen LogP contribution in [0.2, 0.25) is 0 Å². The third-order valence-electron chi connectivity index (χ3n) is 6.11. The summed E-state index contributed by atoms with van der Waals surface area (Å²) in [5.41, 5.74) is 3.07. The number of benzene rings is 2. The van der Waals surface area contributed by atoms with Crippen LogP contribution < -0.4 is 14.4 Å². The number of carbonyl (C=O) groups is 2. The van der Waals surface area contributed by atoms with Crippen molar-refractivity contribution in [3.63, 3.8) is 0 Å². The summed E-state index contributed by atoms with van der Waals surface area (Å²) in [5.74, 6) is -0.120. The molecule has 1 aromatic heterocycles. The van der Waals surface area contributed by atoms with E-state index in [-0.39, 0.29) is 17.4 Å². The number of Topliss-reactive ketones (excluding diaryl/α,β-unsaturated/α-hetero) is 1. The van der Waals surface area contributed by atoms with Crippen LogP contribution in [0.25, 0.3) is 5.76 Å². The smallest absolute Gasteiger partial charge is 0.300 e. The van der Waals surface area contributed by atoms with Gasteiger partial charge in [-0.05, 0) is 78.9 Å². The highest BCUT2D eigenvalue weighted by Gasteiger charge is 2.48. The average molecular weight is 462 g/mol. The highest BCUT2D eigenvalue weighted by Crippen LogP contribution is 2.45. The molecule has 2 aliphatic heterocycles. The standard InChI is InChI=1S/C26H23NO5S/c1-14-10-11-33-25(14)22-21(23(28)16-4-9-20-17(13-16)12-15(2)32-20)24(29)26(30)27(22)18-5-7-19(31-3)8-6-18/h4-11,13,15,22,28H,12H2,1-3H3/b23-21-. The molecule has 0 aliphatic carbocycles. The molecular formula is C26H23NO5S. The van der Waals surface area contributed by atoms with Gasteiger partial charge in [-0.2, -0.15) is 0 Å². The molecule has 1 fully saturated rings. The van der Waals surface area contributed by atoms with E-state index in [9.17, 15) is 14.7 Å². The van der Waals surface area contributed by atoms with Gasteiger partial charge < -0.3 is 14.6 Å². The fraction of sp³-hybridized carbons (Fsp3) is 0.231. The van der Waals surface area contributed by atoms with Crippen molar-refractivity contribution >= 4 is 34.5 Å². The van der Waals surface area contributed by atoms with E-state index >= 15 is 0 Å². The largest absolute Gasteiger partial charge is 0.507 e. The maximum absolute atomic E-state index is 13.3. The molecule has 3 aromatic rings. The number of ether oxygens (including phenoxy) is 2. The van der Waals surface area contributed by atoms with Crippen molar-refractivity contribution in [1.82, 2.24) is 0 Å². The van der Waals surface area contributed by atoms with E-state index in [0.29, 0.717) is 17.0 Å². The van der Waals surface area contributed by atoms with Crippen molar-refractivity contribution in [2.24, 2.45) is 0 Å². The van der Waals surface area contributed by atoms with Crippen LogP contribution in [-0.4, -0.2) is 30.0 Å². The molecule has 33 heavy (non-hydrogen) atoms. The van der Waals surface area contributed by atoms with Crippen molar-refractivity contribution in [2.75, 3.05) is 12.0 Å². The molecule has 168 valence electrons. The summed E-state index contributed by atoms with van der Waals surface area (Å²) in [4.78, 5) is 28.8. The predicted octanol–water partition coefficient (Wildman–Crippen LogP) is 5.01. The first-order valence-electron chi connectivity index (χ1n) is 10.7. The van der Waals surface area contributed by atoms with E-state index < -0.39 is 17.7 Å². The lowest BCUT2D eigenvalue weighted by Gasteiger charge is -2.25. The van der Waals surface area contributed by atoms with Gasteiger partial charge in [-0.1, -0.05) is 0 Å². The number of thiophene rings is 1. The molecule has 2 unspecified atom stereocenters. The van der Waals surface area contributed by atoms with Gasteiger partial charge in [-0.3, -0.25) is 14.5 Å². The molecule has 2 atom stereocenters. The van der Waals surface area contributed by atoms with Gasteiger partial charge in [0, 0.05) is 22.5 Å². The third-order valence-corrected chi connectivity index (χ3v) is 7.19. The Hall–Kier alpha value is -3.58. The maximum atomic E-state index is 13.3. The van der Waals surface area contributed by atoms with Crippen molar-refractivity contribution in [2.45, 2.75) is 32.4 Å². The Kier molecular flexibility index (Phi) is 5.21. The van der Waals surface area contributed by atoms with Crippen LogP contribution in [0, 0.1) is 6.92 Å². The predicted molar refractivity (Wildman–Crippen MR) is 127 cm³/mol. The number of rotatable bonds is 4. The Morgan fingerprint density at radius 2 is 1.91 bits per heavy atom. The molecule has 3 heterocycles. The van der Waals surface area contributed by atoms with Crippen LogP contribution in [0.4, 0.5) is 5.69 Å². The second kappa shape index (κ2) is 8.08. The summed E-state index contributed by atoms with van der Waals surface area (Å²) in [7, 11) is 1.57. The average Bonchev–Trinajstić information content (AvgIpc) is 3.48. The van der Waals surface area contributed by atoms with Crippen LogP contribution in [0.1, 0.15) is 34.5 Å². The topological polar surface area (TPSA) is 76.1 Å². The minimum Gasteiger partial charge on any atom is -0.507 e. The molecule has 1 amide bonds. The fourth-order valence-corrected chi connectivity index (χ4v) is 5.50. The summed E-state index contributed by atoms with van der Waals surface area (Å²) in [6.07, 6.45) is 0.788. The van der Waals surface area contributed by atoms with Gasteiger partial charge in [0.05, 0.1) is 12.7 Å². The van der Waals surface area contributed by atoms with Crippen LogP contribution in [0.3, 0.4) is 0 Å². The van der Waals surface area contributed by atoms with Crippen LogP contribution in [0.5, 0.6) is 11.5 Å². The van der Waals surface area contributed by atoms with E-state index in [1.165, 1.54) is 16.2 Å². The Morgan fingerprint density at radius 1 is 1.15 bits per heavy atom. The van der Waals surface area contributed by atoms with E-state index in [1.54, 1.807) is 43.5 Å². The molecule has 0 spiro atoms. The minimum absolute atomic E-state index is 0.0619. The molecule has 5 rings (SSSR count). The normalized spacial score (nSPS) is 21.2. The number of aliphatic hydroxyl groups is 1. The van der Waals surface area contributed by atoms with E-state index in [4.69, 9.17) is 9.47 Å². The van der Waals surface area contributed by atoms with Gasteiger partial charge in [-0.15, -0.1) is 11.3 Å². The summed E-state index contributed by atoms with van der Waals surface area (Å²) >= 11 is 1.46. The van der Waals surface area contributed by atoms with Crippen LogP contribution in [0.15, 0.2) is 59.5 Å². The monoisotopic (exact) mass is 461 g/mol. The number of aliphatic hydroxyl groups excluding tert-OH is 1. The number of ketones is 1. The number of carbonyl (C=O) groups excluding carboxylic acids is 2. The number of amides is 1. The Labute approximate surface area is 195 Å². The molecule has 2 aromatic carbocycles. The van der Waals surface area contributed by atoms with E-state index in [0.717, 1.165) is 28.2 Å². The zero-order chi connectivity index (χ0) is 23.3. The lowest BCUT2D eigenvalue weighted by Crippen LogP contribution is -2.29. The Morgan fingerprint density at radius 3 is 2.58 bits per heavy atom. The number of methoxy groups -OCH3 is 1. The van der Waals surface area contributed by atoms with Gasteiger partial charge in [0.1, 0.15) is 29.4 Å². The molecular weight excluding hydrogens is 438 g/mol. The quantitative estimate of drug-likeness (QED) is 0.336. The molecule has 6 nitrogen and oxygen atoms in total. The van der Waals surface area contributed by atoms with Crippen molar-refractivity contribution in [3.05, 3.63) is 81.1 Å². The fourth-order valence-electron chi connectivity index (χ4n) is 4.48. The zero-order valence-electron chi connectivity index (χ0n) is 18.5. The van der Waals surface area contributed by atoms with Crippen molar-refractivity contribution < 1.29 is 24.2 Å². The SMILES string of the molecule is COc1ccc(N2C(=O)C(=O)/C(=C(\O)c3ccc4c(c3)CC(C)O4)C2c2sccc2C)cc1. The molecule has 7 heteroatoms. The highest BCUT2D eigenvalue weighted by molar-refractivity contribution is 7.10. The highest BCUT2D eigenvalue weighted by atomic mass is 32.1. The van der Waals surface area contributed by atoms with Gasteiger partial charge in [0.25, 0.3) is 11.7 Å². The minimum atomic E-state index is -0.721. The number of hydrogen-bond acceptors (Lipinski definition) is 6. The molecule has 0 bridgehead atoms. The third kappa shape index (κ3) is 3.49. The molecule has 1 saturated heterocycles. The summed E-state index contributed by atoms with van der Waals surface area (Å²) in [5, 5.41) is 13.3. The number of aryl methyl sites for hydroxylation is 1. The van der Waals surface area contributed by atoms with Crippen molar-refractivity contribution in [3.8, 4) is 11.5 Å². The number of hydrogen-bond donors (Lipinski definition) is 1. The number of fused-ring (bicyclic) bond motifs is 1. The summed E-state index contributed by atoms with van der Waals surface area (Å²) in [6.45, 7) is 3.92. The molecule has 1 N–H and O–H groups in total. The van der Waals surface area contributed by atoms with E-state index in [1.807, 2.05) is 31.4 Å². The lowest BCUT2D eigenvalue weighted by molar-refractivity contribution is -0.132. The van der Waals surface area contributed by atoms with Gasteiger partial charge >= 0.3 is 0 Å². The first kappa shape index (κ1) is 21.3. The van der Waals surface area contributed by atoms with Crippen LogP contribution in [-0.2, 0) is 16.0 Å². The molecule has 2 aliphatic rings.